The number of hydrogen-bond acceptors (Lipinski definition) is 9. The minimum absolute atomic E-state index is 0.0103. The summed E-state index contributed by atoms with van der Waals surface area (Å²) in [6.45, 7) is 3.78. The molecule has 0 bridgehead atoms. The van der Waals surface area contributed by atoms with Gasteiger partial charge in [-0.1, -0.05) is 6.92 Å². The van der Waals surface area contributed by atoms with Crippen LogP contribution >= 0.6 is 0 Å². The molecule has 0 amide bonds. The average Bonchev–Trinajstić information content (AvgIpc) is 2.56. The van der Waals surface area contributed by atoms with Gasteiger partial charge in [-0.05, 0) is 6.54 Å². The third kappa shape index (κ3) is 12.8. The Labute approximate surface area is 145 Å². The zero-order chi connectivity index (χ0) is 19.1. The highest BCUT2D eigenvalue weighted by molar-refractivity contribution is 5.69. The molecular weight excluding hydrogens is 338 g/mol. The molecule has 0 rings (SSSR count). The Balaban J connectivity index is 4.55. The SMILES string of the molecule is CCN(CCN(CCN(COC=O)CC(=O)O)COC=O)CC(=O)O. The van der Waals surface area contributed by atoms with E-state index in [1.807, 2.05) is 6.92 Å². The van der Waals surface area contributed by atoms with E-state index in [0.717, 1.165) is 0 Å². The Hall–Kier alpha value is -2.24. The predicted octanol–water partition coefficient (Wildman–Crippen LogP) is -1.66. The monoisotopic (exact) mass is 363 g/mol. The Morgan fingerprint density at radius 1 is 0.800 bits per heavy atom. The van der Waals surface area contributed by atoms with Gasteiger partial charge in [0.2, 0.25) is 0 Å². The Morgan fingerprint density at radius 2 is 1.20 bits per heavy atom. The van der Waals surface area contributed by atoms with Crippen molar-refractivity contribution in [2.75, 3.05) is 59.3 Å². The van der Waals surface area contributed by atoms with E-state index in [-0.39, 0.29) is 39.6 Å². The zero-order valence-electron chi connectivity index (χ0n) is 14.2. The summed E-state index contributed by atoms with van der Waals surface area (Å²) < 4.78 is 9.30. The molecule has 2 N–H and O–H groups in total. The molecule has 0 spiro atoms. The number of carboxylic acid groups (broad SMARTS) is 2. The molecule has 0 saturated heterocycles. The molecule has 0 aromatic carbocycles. The first kappa shape index (κ1) is 22.8. The summed E-state index contributed by atoms with van der Waals surface area (Å²) in [5, 5.41) is 17.7. The van der Waals surface area contributed by atoms with Crippen molar-refractivity contribution in [3.8, 4) is 0 Å². The zero-order valence-corrected chi connectivity index (χ0v) is 14.2. The molecule has 0 aromatic heterocycles. The van der Waals surface area contributed by atoms with Crippen LogP contribution in [0.15, 0.2) is 0 Å². The van der Waals surface area contributed by atoms with E-state index in [2.05, 4.69) is 4.74 Å². The maximum atomic E-state index is 10.8. The van der Waals surface area contributed by atoms with Crippen LogP contribution in [0, 0.1) is 0 Å². The van der Waals surface area contributed by atoms with Gasteiger partial charge in [-0.25, -0.2) is 0 Å². The number of hydrogen-bond donors (Lipinski definition) is 2. The summed E-state index contributed by atoms with van der Waals surface area (Å²) in [4.78, 5) is 47.1. The normalized spacial score (nSPS) is 10.9. The van der Waals surface area contributed by atoms with E-state index in [4.69, 9.17) is 14.9 Å². The van der Waals surface area contributed by atoms with E-state index >= 15 is 0 Å². The first-order chi connectivity index (χ1) is 11.9. The molecule has 11 nitrogen and oxygen atoms in total. The summed E-state index contributed by atoms with van der Waals surface area (Å²) in [7, 11) is 0. The number of carbonyl (C=O) groups excluding carboxylic acids is 2. The van der Waals surface area contributed by atoms with Crippen LogP contribution in [0.5, 0.6) is 0 Å². The van der Waals surface area contributed by atoms with Crippen molar-refractivity contribution in [1.82, 2.24) is 14.7 Å². The second-order valence-corrected chi connectivity index (χ2v) is 5.11. The van der Waals surface area contributed by atoms with Gasteiger partial charge in [0.05, 0.1) is 13.1 Å². The maximum Gasteiger partial charge on any atom is 0.317 e. The Kier molecular flexibility index (Phi) is 12.9. The van der Waals surface area contributed by atoms with Crippen molar-refractivity contribution >= 4 is 24.9 Å². The van der Waals surface area contributed by atoms with E-state index in [0.29, 0.717) is 32.7 Å². The van der Waals surface area contributed by atoms with Gasteiger partial charge in [-0.3, -0.25) is 33.9 Å². The average molecular weight is 363 g/mol. The minimum atomic E-state index is -1.07. The van der Waals surface area contributed by atoms with Gasteiger partial charge in [0.25, 0.3) is 12.9 Å². The van der Waals surface area contributed by atoms with E-state index in [1.165, 1.54) is 4.90 Å². The lowest BCUT2D eigenvalue weighted by molar-refractivity contribution is -0.143. The highest BCUT2D eigenvalue weighted by atomic mass is 16.5. The van der Waals surface area contributed by atoms with Crippen LogP contribution in [0.25, 0.3) is 0 Å². The third-order valence-corrected chi connectivity index (χ3v) is 3.28. The molecule has 144 valence electrons. The summed E-state index contributed by atoms with van der Waals surface area (Å²) in [5.41, 5.74) is 0. The van der Waals surface area contributed by atoms with Crippen molar-refractivity contribution in [3.63, 3.8) is 0 Å². The summed E-state index contributed by atoms with van der Waals surface area (Å²) in [6.07, 6.45) is 0. The molecule has 0 aliphatic carbocycles. The lowest BCUT2D eigenvalue weighted by Gasteiger charge is -2.27. The molecule has 25 heavy (non-hydrogen) atoms. The van der Waals surface area contributed by atoms with Crippen molar-refractivity contribution in [2.24, 2.45) is 0 Å². The lowest BCUT2D eigenvalue weighted by atomic mass is 10.4. The van der Waals surface area contributed by atoms with Crippen molar-refractivity contribution < 1.29 is 38.9 Å². The van der Waals surface area contributed by atoms with Gasteiger partial charge in [-0.15, -0.1) is 0 Å². The quantitative estimate of drug-likeness (QED) is 0.227. The molecular formula is C14H25N3O8. The summed E-state index contributed by atoms with van der Waals surface area (Å²) in [5.74, 6) is -2.00. The van der Waals surface area contributed by atoms with Crippen LogP contribution in [0.2, 0.25) is 0 Å². The van der Waals surface area contributed by atoms with Gasteiger partial charge in [0.1, 0.15) is 13.5 Å². The van der Waals surface area contributed by atoms with Gasteiger partial charge in [0, 0.05) is 26.2 Å². The fourth-order valence-corrected chi connectivity index (χ4v) is 2.00. The Morgan fingerprint density at radius 3 is 1.64 bits per heavy atom. The molecule has 0 saturated carbocycles. The molecule has 0 fully saturated rings. The van der Waals surface area contributed by atoms with Crippen molar-refractivity contribution in [1.29, 1.82) is 0 Å². The second kappa shape index (κ2) is 14.1. The number of rotatable bonds is 17. The summed E-state index contributed by atoms with van der Waals surface area (Å²) >= 11 is 0. The van der Waals surface area contributed by atoms with Crippen LogP contribution < -0.4 is 0 Å². The van der Waals surface area contributed by atoms with E-state index in [9.17, 15) is 19.2 Å². The first-order valence-corrected chi connectivity index (χ1v) is 7.64. The van der Waals surface area contributed by atoms with Gasteiger partial charge >= 0.3 is 11.9 Å². The van der Waals surface area contributed by atoms with E-state index < -0.39 is 11.9 Å². The molecule has 0 radical (unpaired) electrons. The van der Waals surface area contributed by atoms with E-state index in [1.54, 1.807) is 9.80 Å². The lowest BCUT2D eigenvalue weighted by Crippen LogP contribution is -2.43. The molecule has 11 heteroatoms. The standard InChI is InChI=1S/C14H25N3O8/c1-2-15(7-13(20)21)3-4-16(9-24-11-18)5-6-17(8-14(22)23)10-25-12-19/h11-12H,2-10H2,1H3,(H,20,21)(H,22,23). The highest BCUT2D eigenvalue weighted by Crippen LogP contribution is 1.96. The predicted molar refractivity (Wildman–Crippen MR) is 84.6 cm³/mol. The third-order valence-electron chi connectivity index (χ3n) is 3.28. The van der Waals surface area contributed by atoms with Crippen LogP contribution in [0.1, 0.15) is 6.92 Å². The van der Waals surface area contributed by atoms with Crippen molar-refractivity contribution in [3.05, 3.63) is 0 Å². The van der Waals surface area contributed by atoms with Crippen molar-refractivity contribution in [2.45, 2.75) is 6.92 Å². The topological polar surface area (TPSA) is 137 Å². The minimum Gasteiger partial charge on any atom is -0.480 e. The molecule has 0 heterocycles. The van der Waals surface area contributed by atoms with Gasteiger partial charge in [-0.2, -0.15) is 0 Å². The molecule has 0 atom stereocenters. The second-order valence-electron chi connectivity index (χ2n) is 5.11. The maximum absolute atomic E-state index is 10.8. The van der Waals surface area contributed by atoms with Crippen LogP contribution in [0.3, 0.4) is 0 Å². The number of ether oxygens (including phenoxy) is 2. The first-order valence-electron chi connectivity index (χ1n) is 7.64. The smallest absolute Gasteiger partial charge is 0.317 e. The number of carbonyl (C=O) groups is 4. The van der Waals surface area contributed by atoms with Crippen LogP contribution in [-0.2, 0) is 28.7 Å². The van der Waals surface area contributed by atoms with Gasteiger partial charge in [0.15, 0.2) is 0 Å². The molecule has 0 unspecified atom stereocenters. The highest BCUT2D eigenvalue weighted by Gasteiger charge is 2.15. The number of aliphatic carboxylic acids is 2. The van der Waals surface area contributed by atoms with Gasteiger partial charge < -0.3 is 19.7 Å². The molecule has 0 aliphatic heterocycles. The fraction of sp³-hybridized carbons (Fsp3) is 0.714. The number of likely N-dealkylation sites (N-methyl/N-ethyl adjacent to an activating group) is 1. The molecule has 0 aromatic rings. The fourth-order valence-electron chi connectivity index (χ4n) is 2.00. The summed E-state index contributed by atoms with van der Waals surface area (Å²) in [6, 6.07) is 0. The number of carboxylic acids is 2. The Bertz CT molecular complexity index is 421. The molecule has 0 aliphatic rings. The van der Waals surface area contributed by atoms with Crippen LogP contribution in [0.4, 0.5) is 0 Å². The number of nitrogens with zero attached hydrogens (tertiary/aromatic N) is 3. The largest absolute Gasteiger partial charge is 0.480 e. The van der Waals surface area contributed by atoms with Crippen LogP contribution in [-0.4, -0.2) is 109 Å².